The summed E-state index contributed by atoms with van der Waals surface area (Å²) >= 11 is 9.11. The van der Waals surface area contributed by atoms with E-state index in [0.29, 0.717) is 32.8 Å². The smallest absolute Gasteiger partial charge is 0.238 e. The van der Waals surface area contributed by atoms with Crippen molar-refractivity contribution in [2.75, 3.05) is 6.79 Å². The molecule has 18 heavy (non-hydrogen) atoms. The Balaban J connectivity index is 1.90. The number of nitrogens with zero attached hydrogens (tertiary/aromatic N) is 2. The lowest BCUT2D eigenvalue weighted by Gasteiger charge is -2.07. The molecule has 1 aromatic carbocycles. The fourth-order valence-electron chi connectivity index (χ4n) is 1.46. The zero-order valence-corrected chi connectivity index (χ0v) is 11.2. The van der Waals surface area contributed by atoms with Crippen LogP contribution >= 0.6 is 27.5 Å². The van der Waals surface area contributed by atoms with Crippen LogP contribution in [0.3, 0.4) is 0 Å². The van der Waals surface area contributed by atoms with E-state index in [9.17, 15) is 0 Å². The van der Waals surface area contributed by atoms with Crippen molar-refractivity contribution in [2.24, 2.45) is 0 Å². The summed E-state index contributed by atoms with van der Waals surface area (Å²) in [5.74, 6) is 2.26. The van der Waals surface area contributed by atoms with Crippen molar-refractivity contribution in [1.29, 1.82) is 0 Å². The first-order valence-corrected chi connectivity index (χ1v) is 6.14. The summed E-state index contributed by atoms with van der Waals surface area (Å²) in [6.07, 6.45) is 1.33. The zero-order chi connectivity index (χ0) is 12.5. The van der Waals surface area contributed by atoms with Crippen molar-refractivity contribution in [3.63, 3.8) is 0 Å². The van der Waals surface area contributed by atoms with Crippen LogP contribution in [0.2, 0.25) is 5.15 Å². The van der Waals surface area contributed by atoms with Crippen LogP contribution < -0.4 is 14.2 Å². The second-order valence-corrected chi connectivity index (χ2v) is 4.55. The molecule has 2 aromatic rings. The molecule has 3 rings (SSSR count). The fraction of sp³-hybridized carbons (Fsp3) is 0.0909. The van der Waals surface area contributed by atoms with E-state index in [-0.39, 0.29) is 6.79 Å². The van der Waals surface area contributed by atoms with Crippen LogP contribution in [0.25, 0.3) is 0 Å². The van der Waals surface area contributed by atoms with Crippen LogP contribution in [0.15, 0.2) is 29.0 Å². The average Bonchev–Trinajstić information content (AvgIpc) is 2.82. The quantitative estimate of drug-likeness (QED) is 0.790. The Hall–Kier alpha value is -1.53. The van der Waals surface area contributed by atoms with Crippen molar-refractivity contribution >= 4 is 27.5 Å². The SMILES string of the molecule is Clc1ncnc(Oc2ccc3c(c2)OCO3)c1Br. The molecule has 0 bridgehead atoms. The zero-order valence-electron chi connectivity index (χ0n) is 8.89. The van der Waals surface area contributed by atoms with Gasteiger partial charge in [0.2, 0.25) is 12.7 Å². The van der Waals surface area contributed by atoms with Gasteiger partial charge in [-0.15, -0.1) is 0 Å². The monoisotopic (exact) mass is 328 g/mol. The van der Waals surface area contributed by atoms with E-state index in [1.165, 1.54) is 6.33 Å². The lowest BCUT2D eigenvalue weighted by Crippen LogP contribution is -1.93. The molecule has 0 unspecified atom stereocenters. The minimum Gasteiger partial charge on any atom is -0.454 e. The van der Waals surface area contributed by atoms with Crippen LogP contribution in [0.1, 0.15) is 0 Å². The van der Waals surface area contributed by atoms with Crippen molar-refractivity contribution in [3.05, 3.63) is 34.2 Å². The molecular formula is C11H6BrClN2O3. The highest BCUT2D eigenvalue weighted by atomic mass is 79.9. The van der Waals surface area contributed by atoms with Crippen molar-refractivity contribution in [1.82, 2.24) is 9.97 Å². The first kappa shape index (κ1) is 11.6. The molecule has 0 N–H and O–H groups in total. The topological polar surface area (TPSA) is 53.5 Å². The van der Waals surface area contributed by atoms with Gasteiger partial charge < -0.3 is 14.2 Å². The third-order valence-corrected chi connectivity index (χ3v) is 3.50. The summed E-state index contributed by atoms with van der Waals surface area (Å²) in [5, 5.41) is 0.292. The van der Waals surface area contributed by atoms with Crippen molar-refractivity contribution in [2.45, 2.75) is 0 Å². The number of hydrogen-bond acceptors (Lipinski definition) is 5. The summed E-state index contributed by atoms with van der Waals surface area (Å²) in [7, 11) is 0. The molecule has 0 amide bonds. The van der Waals surface area contributed by atoms with E-state index in [4.69, 9.17) is 25.8 Å². The van der Waals surface area contributed by atoms with Crippen LogP contribution in [-0.2, 0) is 0 Å². The highest BCUT2D eigenvalue weighted by Crippen LogP contribution is 2.38. The minimum absolute atomic E-state index is 0.224. The van der Waals surface area contributed by atoms with E-state index >= 15 is 0 Å². The van der Waals surface area contributed by atoms with Crippen LogP contribution in [0.5, 0.6) is 23.1 Å². The number of fused-ring (bicyclic) bond motifs is 1. The molecule has 1 aliphatic rings. The second kappa shape index (κ2) is 4.62. The largest absolute Gasteiger partial charge is 0.454 e. The molecule has 0 saturated carbocycles. The van der Waals surface area contributed by atoms with Crippen LogP contribution in [0.4, 0.5) is 0 Å². The first-order valence-electron chi connectivity index (χ1n) is 4.97. The third kappa shape index (κ3) is 2.09. The summed E-state index contributed by atoms with van der Waals surface area (Å²) in [5.41, 5.74) is 0. The maximum atomic E-state index is 5.85. The Bertz CT molecular complexity index is 609. The Morgan fingerprint density at radius 3 is 2.94 bits per heavy atom. The van der Waals surface area contributed by atoms with Gasteiger partial charge in [-0.3, -0.25) is 0 Å². The molecule has 7 heteroatoms. The molecule has 0 aliphatic carbocycles. The number of halogens is 2. The number of rotatable bonds is 2. The summed E-state index contributed by atoms with van der Waals surface area (Å²) in [6, 6.07) is 5.26. The predicted molar refractivity (Wildman–Crippen MR) is 67.4 cm³/mol. The summed E-state index contributed by atoms with van der Waals surface area (Å²) < 4.78 is 16.6. The lowest BCUT2D eigenvalue weighted by molar-refractivity contribution is 0.174. The maximum absolute atomic E-state index is 5.85. The molecule has 0 fully saturated rings. The normalized spacial score (nSPS) is 12.6. The van der Waals surface area contributed by atoms with Gasteiger partial charge in [0.1, 0.15) is 16.5 Å². The van der Waals surface area contributed by atoms with Gasteiger partial charge in [-0.2, -0.15) is 0 Å². The molecule has 1 aromatic heterocycles. The fourth-order valence-corrected chi connectivity index (χ4v) is 1.87. The summed E-state index contributed by atoms with van der Waals surface area (Å²) in [4.78, 5) is 7.81. The number of ether oxygens (including phenoxy) is 3. The first-order chi connectivity index (χ1) is 8.74. The Kier molecular flexibility index (Phi) is 2.97. The molecule has 92 valence electrons. The van der Waals surface area contributed by atoms with Gasteiger partial charge in [0.25, 0.3) is 0 Å². The predicted octanol–water partition coefficient (Wildman–Crippen LogP) is 3.41. The van der Waals surface area contributed by atoms with Crippen LogP contribution in [0, 0.1) is 0 Å². The van der Waals surface area contributed by atoms with E-state index in [1.807, 2.05) is 0 Å². The number of hydrogen-bond donors (Lipinski definition) is 0. The molecule has 0 atom stereocenters. The van der Waals surface area contributed by atoms with Gasteiger partial charge in [-0.05, 0) is 28.1 Å². The maximum Gasteiger partial charge on any atom is 0.238 e. The van der Waals surface area contributed by atoms with Gasteiger partial charge in [0.05, 0.1) is 0 Å². The molecular weight excluding hydrogens is 323 g/mol. The van der Waals surface area contributed by atoms with Crippen molar-refractivity contribution in [3.8, 4) is 23.1 Å². The number of aromatic nitrogens is 2. The average molecular weight is 330 g/mol. The van der Waals surface area contributed by atoms with E-state index in [0.717, 1.165) is 0 Å². The molecule has 0 spiro atoms. The lowest BCUT2D eigenvalue weighted by atomic mass is 10.3. The number of benzene rings is 1. The highest BCUT2D eigenvalue weighted by Gasteiger charge is 2.15. The highest BCUT2D eigenvalue weighted by molar-refractivity contribution is 9.10. The van der Waals surface area contributed by atoms with Gasteiger partial charge in [-0.1, -0.05) is 11.6 Å². The Morgan fingerprint density at radius 2 is 2.06 bits per heavy atom. The van der Waals surface area contributed by atoms with Gasteiger partial charge in [-0.25, -0.2) is 9.97 Å². The molecule has 0 radical (unpaired) electrons. The van der Waals surface area contributed by atoms with E-state index in [2.05, 4.69) is 25.9 Å². The Labute approximate surface area is 116 Å². The molecule has 5 nitrogen and oxygen atoms in total. The van der Waals surface area contributed by atoms with E-state index < -0.39 is 0 Å². The third-order valence-electron chi connectivity index (χ3n) is 2.27. The molecule has 0 saturated heterocycles. The Morgan fingerprint density at radius 1 is 1.22 bits per heavy atom. The van der Waals surface area contributed by atoms with Crippen LogP contribution in [-0.4, -0.2) is 16.8 Å². The molecule has 1 aliphatic heterocycles. The standard InChI is InChI=1S/C11H6BrClN2O3/c12-9-10(13)14-4-15-11(9)18-6-1-2-7-8(3-6)17-5-16-7/h1-4H,5H2. The minimum atomic E-state index is 0.224. The van der Waals surface area contributed by atoms with E-state index in [1.54, 1.807) is 18.2 Å². The second-order valence-electron chi connectivity index (χ2n) is 3.40. The summed E-state index contributed by atoms with van der Waals surface area (Å²) in [6.45, 7) is 0.224. The van der Waals surface area contributed by atoms with Crippen molar-refractivity contribution < 1.29 is 14.2 Å². The van der Waals surface area contributed by atoms with Gasteiger partial charge in [0.15, 0.2) is 16.7 Å². The van der Waals surface area contributed by atoms with Gasteiger partial charge in [0, 0.05) is 6.07 Å². The molecule has 2 heterocycles. The van der Waals surface area contributed by atoms with Gasteiger partial charge >= 0.3 is 0 Å².